The second-order valence-electron chi connectivity index (χ2n) is 6.87. The highest BCUT2D eigenvalue weighted by atomic mass is 16.5. The topological polar surface area (TPSA) is 47.3 Å². The van der Waals surface area contributed by atoms with Gasteiger partial charge in [0.15, 0.2) is 0 Å². The summed E-state index contributed by atoms with van der Waals surface area (Å²) in [7, 11) is 1.71. The number of methoxy groups -OCH3 is 1. The SMILES string of the molecule is COc1ccc(C(C)(C)C)cc1CNCC(C)(C)N. The normalized spacial score (nSPS) is 12.6. The summed E-state index contributed by atoms with van der Waals surface area (Å²) in [5, 5.41) is 3.39. The summed E-state index contributed by atoms with van der Waals surface area (Å²) in [5.74, 6) is 0.926. The summed E-state index contributed by atoms with van der Waals surface area (Å²) < 4.78 is 5.42. The van der Waals surface area contributed by atoms with Gasteiger partial charge in [-0.05, 0) is 30.9 Å². The highest BCUT2D eigenvalue weighted by Crippen LogP contribution is 2.27. The molecule has 0 spiro atoms. The van der Waals surface area contributed by atoms with Crippen LogP contribution in [0.15, 0.2) is 18.2 Å². The van der Waals surface area contributed by atoms with Crippen LogP contribution >= 0.6 is 0 Å². The second-order valence-corrected chi connectivity index (χ2v) is 6.87. The Hall–Kier alpha value is -1.06. The van der Waals surface area contributed by atoms with Crippen molar-refractivity contribution in [2.24, 2.45) is 5.73 Å². The molecule has 0 amide bonds. The Morgan fingerprint density at radius 3 is 2.26 bits per heavy atom. The molecule has 0 saturated heterocycles. The third-order valence-electron chi connectivity index (χ3n) is 3.04. The largest absolute Gasteiger partial charge is 0.496 e. The monoisotopic (exact) mass is 264 g/mol. The van der Waals surface area contributed by atoms with E-state index in [9.17, 15) is 0 Å². The van der Waals surface area contributed by atoms with Gasteiger partial charge in [0.1, 0.15) is 5.75 Å². The van der Waals surface area contributed by atoms with Gasteiger partial charge in [0.2, 0.25) is 0 Å². The van der Waals surface area contributed by atoms with Crippen molar-refractivity contribution < 1.29 is 4.74 Å². The van der Waals surface area contributed by atoms with Crippen molar-refractivity contribution in [3.8, 4) is 5.75 Å². The third kappa shape index (κ3) is 5.21. The molecule has 0 unspecified atom stereocenters. The van der Waals surface area contributed by atoms with Crippen LogP contribution in [0.4, 0.5) is 0 Å². The maximum atomic E-state index is 5.98. The fourth-order valence-corrected chi connectivity index (χ4v) is 1.90. The molecule has 0 aliphatic rings. The zero-order chi connectivity index (χ0) is 14.7. The number of rotatable bonds is 5. The van der Waals surface area contributed by atoms with E-state index in [4.69, 9.17) is 10.5 Å². The Bertz CT molecular complexity index is 414. The summed E-state index contributed by atoms with van der Waals surface area (Å²) in [6.07, 6.45) is 0. The predicted molar refractivity (Wildman–Crippen MR) is 81.7 cm³/mol. The first-order valence-electron chi connectivity index (χ1n) is 6.80. The molecular weight excluding hydrogens is 236 g/mol. The predicted octanol–water partition coefficient (Wildman–Crippen LogP) is 2.82. The number of hydrogen-bond acceptors (Lipinski definition) is 3. The molecule has 1 aromatic carbocycles. The van der Waals surface area contributed by atoms with Gasteiger partial charge in [-0.25, -0.2) is 0 Å². The molecule has 0 atom stereocenters. The van der Waals surface area contributed by atoms with Crippen LogP contribution < -0.4 is 15.8 Å². The molecule has 0 aliphatic carbocycles. The van der Waals surface area contributed by atoms with Crippen LogP contribution in [0, 0.1) is 0 Å². The fourth-order valence-electron chi connectivity index (χ4n) is 1.90. The molecule has 1 rings (SSSR count). The van der Waals surface area contributed by atoms with Crippen LogP contribution in [-0.4, -0.2) is 19.2 Å². The maximum Gasteiger partial charge on any atom is 0.123 e. The molecule has 0 radical (unpaired) electrons. The summed E-state index contributed by atoms with van der Waals surface area (Å²) >= 11 is 0. The minimum Gasteiger partial charge on any atom is -0.496 e. The van der Waals surface area contributed by atoms with Crippen molar-refractivity contribution in [2.45, 2.75) is 52.1 Å². The van der Waals surface area contributed by atoms with Crippen LogP contribution in [-0.2, 0) is 12.0 Å². The van der Waals surface area contributed by atoms with E-state index in [0.29, 0.717) is 0 Å². The van der Waals surface area contributed by atoms with Gasteiger partial charge in [0.25, 0.3) is 0 Å². The molecule has 3 nitrogen and oxygen atoms in total. The molecule has 3 heteroatoms. The molecule has 108 valence electrons. The van der Waals surface area contributed by atoms with E-state index in [-0.39, 0.29) is 11.0 Å². The quantitative estimate of drug-likeness (QED) is 0.859. The van der Waals surface area contributed by atoms with Crippen LogP contribution in [0.5, 0.6) is 5.75 Å². The van der Waals surface area contributed by atoms with Gasteiger partial charge in [0, 0.05) is 24.2 Å². The smallest absolute Gasteiger partial charge is 0.123 e. The zero-order valence-electron chi connectivity index (χ0n) is 13.1. The number of ether oxygens (including phenoxy) is 1. The maximum absolute atomic E-state index is 5.98. The Morgan fingerprint density at radius 1 is 1.16 bits per heavy atom. The highest BCUT2D eigenvalue weighted by molar-refractivity contribution is 5.39. The van der Waals surface area contributed by atoms with Crippen molar-refractivity contribution in [2.75, 3.05) is 13.7 Å². The number of hydrogen-bond donors (Lipinski definition) is 2. The van der Waals surface area contributed by atoms with Crippen molar-refractivity contribution in [3.05, 3.63) is 29.3 Å². The molecule has 0 heterocycles. The molecule has 0 aromatic heterocycles. The Morgan fingerprint density at radius 2 is 1.79 bits per heavy atom. The van der Waals surface area contributed by atoms with Crippen LogP contribution in [0.1, 0.15) is 45.7 Å². The molecule has 1 aromatic rings. The van der Waals surface area contributed by atoms with Gasteiger partial charge in [-0.1, -0.05) is 32.9 Å². The molecule has 0 bridgehead atoms. The zero-order valence-corrected chi connectivity index (χ0v) is 13.1. The summed E-state index contributed by atoms with van der Waals surface area (Å²) in [6.45, 7) is 12.2. The standard InChI is InChI=1S/C16H28N2O/c1-15(2,3)13-7-8-14(19-6)12(9-13)10-18-11-16(4,5)17/h7-9,18H,10-11,17H2,1-6H3. The van der Waals surface area contributed by atoms with E-state index in [0.717, 1.165) is 18.8 Å². The van der Waals surface area contributed by atoms with Crippen LogP contribution in [0.25, 0.3) is 0 Å². The van der Waals surface area contributed by atoms with Gasteiger partial charge in [0.05, 0.1) is 7.11 Å². The third-order valence-corrected chi connectivity index (χ3v) is 3.04. The lowest BCUT2D eigenvalue weighted by atomic mass is 9.86. The Labute approximate surface area is 117 Å². The van der Waals surface area contributed by atoms with E-state index in [1.807, 2.05) is 19.9 Å². The van der Waals surface area contributed by atoms with E-state index in [1.54, 1.807) is 7.11 Å². The van der Waals surface area contributed by atoms with Gasteiger partial charge in [-0.15, -0.1) is 0 Å². The fraction of sp³-hybridized carbons (Fsp3) is 0.625. The number of benzene rings is 1. The average molecular weight is 264 g/mol. The van der Waals surface area contributed by atoms with E-state index in [2.05, 4.69) is 38.2 Å². The first-order chi connectivity index (χ1) is 8.63. The van der Waals surface area contributed by atoms with Crippen molar-refractivity contribution in [1.29, 1.82) is 0 Å². The number of nitrogens with two attached hydrogens (primary N) is 1. The van der Waals surface area contributed by atoms with E-state index < -0.39 is 0 Å². The minimum absolute atomic E-state index is 0.147. The Balaban J connectivity index is 2.85. The molecule has 0 saturated carbocycles. The first-order valence-corrected chi connectivity index (χ1v) is 6.80. The number of nitrogens with one attached hydrogen (secondary N) is 1. The van der Waals surface area contributed by atoms with Gasteiger partial charge in [-0.3, -0.25) is 0 Å². The summed E-state index contributed by atoms with van der Waals surface area (Å²) in [5.41, 5.74) is 8.42. The first kappa shape index (κ1) is 16.0. The van der Waals surface area contributed by atoms with E-state index >= 15 is 0 Å². The lowest BCUT2D eigenvalue weighted by Gasteiger charge is -2.22. The molecule has 0 fully saturated rings. The summed E-state index contributed by atoms with van der Waals surface area (Å²) in [6, 6.07) is 6.40. The highest BCUT2D eigenvalue weighted by Gasteiger charge is 2.16. The van der Waals surface area contributed by atoms with Crippen LogP contribution in [0.3, 0.4) is 0 Å². The summed E-state index contributed by atoms with van der Waals surface area (Å²) in [4.78, 5) is 0. The second kappa shape index (κ2) is 5.93. The van der Waals surface area contributed by atoms with Crippen molar-refractivity contribution in [3.63, 3.8) is 0 Å². The van der Waals surface area contributed by atoms with Gasteiger partial charge >= 0.3 is 0 Å². The average Bonchev–Trinajstić information content (AvgIpc) is 2.26. The molecule has 3 N–H and O–H groups in total. The van der Waals surface area contributed by atoms with Crippen molar-refractivity contribution >= 4 is 0 Å². The van der Waals surface area contributed by atoms with Gasteiger partial charge < -0.3 is 15.8 Å². The van der Waals surface area contributed by atoms with E-state index in [1.165, 1.54) is 11.1 Å². The van der Waals surface area contributed by atoms with Crippen LogP contribution in [0.2, 0.25) is 0 Å². The Kier molecular flexibility index (Phi) is 4.99. The molecule has 19 heavy (non-hydrogen) atoms. The van der Waals surface area contributed by atoms with Crippen molar-refractivity contribution in [1.82, 2.24) is 5.32 Å². The lowest BCUT2D eigenvalue weighted by molar-refractivity contribution is 0.403. The van der Waals surface area contributed by atoms with Gasteiger partial charge in [-0.2, -0.15) is 0 Å². The molecular formula is C16H28N2O. The minimum atomic E-state index is -0.200. The molecule has 0 aliphatic heterocycles. The lowest BCUT2D eigenvalue weighted by Crippen LogP contribution is -2.42.